The number of hydroxylamine groups is 2. The second-order valence-electron chi connectivity index (χ2n) is 5.85. The summed E-state index contributed by atoms with van der Waals surface area (Å²) in [7, 11) is 3.15. The van der Waals surface area contributed by atoms with Crippen molar-refractivity contribution in [1.29, 1.82) is 0 Å². The highest BCUT2D eigenvalue weighted by atomic mass is 35.5. The molecule has 0 radical (unpaired) electrons. The smallest absolute Gasteiger partial charge is 0.331 e. The van der Waals surface area contributed by atoms with Crippen molar-refractivity contribution in [3.63, 3.8) is 0 Å². The number of anilines is 1. The topological polar surface area (TPSA) is 96.0 Å². The van der Waals surface area contributed by atoms with Crippen LogP contribution in [0.25, 0.3) is 0 Å². The van der Waals surface area contributed by atoms with Crippen LogP contribution in [0.4, 0.5) is 10.5 Å². The molecule has 0 saturated carbocycles. The molecule has 1 aliphatic rings. The van der Waals surface area contributed by atoms with Crippen LogP contribution in [-0.4, -0.2) is 47.9 Å². The van der Waals surface area contributed by atoms with Gasteiger partial charge in [0.2, 0.25) is 0 Å². The molecular formula is C18H14ClN3O5. The van der Waals surface area contributed by atoms with Crippen LogP contribution in [0.15, 0.2) is 42.5 Å². The third kappa shape index (κ3) is 3.47. The highest BCUT2D eigenvalue weighted by Crippen LogP contribution is 2.26. The quantitative estimate of drug-likeness (QED) is 0.817. The van der Waals surface area contributed by atoms with Gasteiger partial charge in [-0.15, -0.1) is 0 Å². The first kappa shape index (κ1) is 18.4. The molecule has 0 atom stereocenters. The lowest BCUT2D eigenvalue weighted by molar-refractivity contribution is -0.0584. The van der Waals surface area contributed by atoms with Crippen molar-refractivity contribution in [2.24, 2.45) is 0 Å². The number of nitrogens with one attached hydrogen (secondary N) is 1. The third-order valence-electron chi connectivity index (χ3n) is 3.78. The van der Waals surface area contributed by atoms with Gasteiger partial charge in [-0.2, -0.15) is 0 Å². The summed E-state index contributed by atoms with van der Waals surface area (Å²) >= 11 is 6.08. The predicted molar refractivity (Wildman–Crippen MR) is 96.5 cm³/mol. The maximum Gasteiger partial charge on any atom is 0.365 e. The van der Waals surface area contributed by atoms with Gasteiger partial charge in [0.1, 0.15) is 0 Å². The average molecular weight is 388 g/mol. The van der Waals surface area contributed by atoms with Gasteiger partial charge in [0, 0.05) is 19.8 Å². The van der Waals surface area contributed by atoms with Gasteiger partial charge in [-0.25, -0.2) is 9.59 Å². The van der Waals surface area contributed by atoms with Crippen LogP contribution in [0, 0.1) is 0 Å². The first-order valence-electron chi connectivity index (χ1n) is 7.77. The summed E-state index contributed by atoms with van der Waals surface area (Å²) in [6, 6.07) is 9.92. The Balaban J connectivity index is 1.77. The van der Waals surface area contributed by atoms with E-state index in [2.05, 4.69) is 5.32 Å². The Morgan fingerprint density at radius 3 is 2.15 bits per heavy atom. The lowest BCUT2D eigenvalue weighted by Gasteiger charge is -2.15. The zero-order chi connectivity index (χ0) is 19.7. The Kier molecular flexibility index (Phi) is 4.83. The van der Waals surface area contributed by atoms with E-state index in [1.54, 1.807) is 26.2 Å². The standard InChI is InChI=1S/C18H14ClN3O5/c1-21(2)18(26)20-10-7-8-13(14(19)9-10)17(25)27-22-15(23)11-5-3-4-6-12(11)16(22)24/h3-9H,1-2H3,(H,20,26). The fourth-order valence-electron chi connectivity index (χ4n) is 2.38. The van der Waals surface area contributed by atoms with Gasteiger partial charge in [-0.05, 0) is 30.3 Å². The van der Waals surface area contributed by atoms with Crippen molar-refractivity contribution in [3.05, 3.63) is 64.2 Å². The van der Waals surface area contributed by atoms with Gasteiger partial charge >= 0.3 is 12.0 Å². The summed E-state index contributed by atoms with van der Waals surface area (Å²) in [5, 5.41) is 2.98. The Morgan fingerprint density at radius 1 is 1.04 bits per heavy atom. The molecule has 0 unspecified atom stereocenters. The lowest BCUT2D eigenvalue weighted by atomic mass is 10.1. The number of hydrogen-bond acceptors (Lipinski definition) is 5. The molecule has 138 valence electrons. The summed E-state index contributed by atoms with van der Waals surface area (Å²) in [5.41, 5.74) is 0.623. The molecule has 0 bridgehead atoms. The molecule has 1 aliphatic heterocycles. The number of carbonyl (C=O) groups excluding carboxylic acids is 4. The normalized spacial score (nSPS) is 12.6. The molecule has 1 heterocycles. The minimum absolute atomic E-state index is 0.00633. The molecule has 0 aromatic heterocycles. The number of hydrogen-bond donors (Lipinski definition) is 1. The number of carbonyl (C=O) groups is 4. The maximum atomic E-state index is 12.4. The van der Waals surface area contributed by atoms with E-state index < -0.39 is 17.8 Å². The summed E-state index contributed by atoms with van der Waals surface area (Å²) < 4.78 is 0. The third-order valence-corrected chi connectivity index (χ3v) is 4.09. The second-order valence-corrected chi connectivity index (χ2v) is 6.26. The molecule has 0 spiro atoms. The van der Waals surface area contributed by atoms with Crippen LogP contribution in [-0.2, 0) is 4.84 Å². The highest BCUT2D eigenvalue weighted by Gasteiger charge is 2.39. The van der Waals surface area contributed by atoms with Gasteiger partial charge in [0.15, 0.2) is 0 Å². The number of nitrogens with zero attached hydrogens (tertiary/aromatic N) is 2. The molecule has 0 fully saturated rings. The van der Waals surface area contributed by atoms with Gasteiger partial charge in [0.25, 0.3) is 11.8 Å². The number of halogens is 1. The molecular weight excluding hydrogens is 374 g/mol. The number of amides is 4. The molecule has 1 N–H and O–H groups in total. The molecule has 9 heteroatoms. The van der Waals surface area contributed by atoms with E-state index in [1.165, 1.54) is 35.2 Å². The molecule has 4 amide bonds. The van der Waals surface area contributed by atoms with Crippen molar-refractivity contribution in [2.45, 2.75) is 0 Å². The SMILES string of the molecule is CN(C)C(=O)Nc1ccc(C(=O)ON2C(=O)c3ccccc3C2=O)c(Cl)c1. The number of rotatable bonds is 3. The summed E-state index contributed by atoms with van der Waals surface area (Å²) in [6.45, 7) is 0. The van der Waals surface area contributed by atoms with E-state index in [0.717, 1.165) is 0 Å². The van der Waals surface area contributed by atoms with E-state index in [0.29, 0.717) is 10.8 Å². The van der Waals surface area contributed by atoms with Gasteiger partial charge in [0.05, 0.1) is 21.7 Å². The zero-order valence-corrected chi connectivity index (χ0v) is 15.1. The van der Waals surface area contributed by atoms with Crippen molar-refractivity contribution in [2.75, 3.05) is 19.4 Å². The Morgan fingerprint density at radius 2 is 1.63 bits per heavy atom. The lowest BCUT2D eigenvalue weighted by Crippen LogP contribution is -2.32. The van der Waals surface area contributed by atoms with Crippen molar-refractivity contribution in [3.8, 4) is 0 Å². The minimum Gasteiger partial charge on any atom is -0.331 e. The number of imide groups is 1. The van der Waals surface area contributed by atoms with Gasteiger partial charge in [-0.3, -0.25) is 9.59 Å². The fraction of sp³-hybridized carbons (Fsp3) is 0.111. The van der Waals surface area contributed by atoms with E-state index in [-0.39, 0.29) is 27.7 Å². The molecule has 2 aromatic rings. The molecule has 2 aromatic carbocycles. The monoisotopic (exact) mass is 387 g/mol. The summed E-state index contributed by atoms with van der Waals surface area (Å²) in [4.78, 5) is 54.8. The zero-order valence-electron chi connectivity index (χ0n) is 14.4. The highest BCUT2D eigenvalue weighted by molar-refractivity contribution is 6.34. The molecule has 8 nitrogen and oxygen atoms in total. The van der Waals surface area contributed by atoms with Crippen molar-refractivity contribution < 1.29 is 24.0 Å². The van der Waals surface area contributed by atoms with Gasteiger partial charge in [-0.1, -0.05) is 28.8 Å². The van der Waals surface area contributed by atoms with Crippen LogP contribution in [0.3, 0.4) is 0 Å². The number of fused-ring (bicyclic) bond motifs is 1. The first-order chi connectivity index (χ1) is 12.8. The van der Waals surface area contributed by atoms with E-state index in [1.807, 2.05) is 0 Å². The minimum atomic E-state index is -0.972. The van der Waals surface area contributed by atoms with Crippen LogP contribution in [0.2, 0.25) is 5.02 Å². The van der Waals surface area contributed by atoms with E-state index >= 15 is 0 Å². The fourth-order valence-corrected chi connectivity index (χ4v) is 2.63. The van der Waals surface area contributed by atoms with Crippen molar-refractivity contribution >= 4 is 41.1 Å². The van der Waals surface area contributed by atoms with E-state index in [9.17, 15) is 19.2 Å². The Bertz CT molecular complexity index is 938. The van der Waals surface area contributed by atoms with Crippen LogP contribution >= 0.6 is 11.6 Å². The van der Waals surface area contributed by atoms with Crippen LogP contribution in [0.5, 0.6) is 0 Å². The van der Waals surface area contributed by atoms with Crippen molar-refractivity contribution in [1.82, 2.24) is 9.96 Å². The maximum absolute atomic E-state index is 12.4. The molecule has 0 aliphatic carbocycles. The van der Waals surface area contributed by atoms with E-state index in [4.69, 9.17) is 16.4 Å². The molecule has 3 rings (SSSR count). The number of benzene rings is 2. The summed E-state index contributed by atoms with van der Waals surface area (Å²) in [6.07, 6.45) is 0. The Hall–Kier alpha value is -3.39. The predicted octanol–water partition coefficient (Wildman–Crippen LogP) is 2.80. The summed E-state index contributed by atoms with van der Waals surface area (Å²) in [5.74, 6) is -2.43. The second kappa shape index (κ2) is 7.08. The average Bonchev–Trinajstić information content (AvgIpc) is 2.87. The number of urea groups is 1. The largest absolute Gasteiger partial charge is 0.365 e. The van der Waals surface area contributed by atoms with Crippen LogP contribution < -0.4 is 5.32 Å². The van der Waals surface area contributed by atoms with Crippen LogP contribution in [0.1, 0.15) is 31.1 Å². The Labute approximate surface area is 159 Å². The molecule has 0 saturated heterocycles. The van der Waals surface area contributed by atoms with Gasteiger partial charge < -0.3 is 15.1 Å². The molecule has 27 heavy (non-hydrogen) atoms. The first-order valence-corrected chi connectivity index (χ1v) is 8.15.